The van der Waals surface area contributed by atoms with Gasteiger partial charge in [-0.1, -0.05) is 46.7 Å². The molecule has 1 aromatic heterocycles. The molecule has 4 rings (SSSR count). The molecule has 1 N–H and O–H groups in total. The normalized spacial score (nSPS) is 13.0. The van der Waals surface area contributed by atoms with Crippen molar-refractivity contribution in [2.45, 2.75) is 6.54 Å². The highest BCUT2D eigenvalue weighted by Gasteiger charge is 2.35. The highest BCUT2D eigenvalue weighted by atomic mass is 35.5. The molecule has 3 aromatic rings. The molecule has 1 aliphatic rings. The van der Waals surface area contributed by atoms with E-state index in [1.165, 1.54) is 12.1 Å². The lowest BCUT2D eigenvalue weighted by Gasteiger charge is -2.10. The van der Waals surface area contributed by atoms with Gasteiger partial charge in [0.25, 0.3) is 17.7 Å². The molecule has 140 valence electrons. The number of carbonyl (C=O) groups excluding carboxylic acids is 3. The first kappa shape index (κ1) is 18.5. The Morgan fingerprint density at radius 3 is 2.36 bits per heavy atom. The summed E-state index contributed by atoms with van der Waals surface area (Å²) >= 11 is 12.9. The van der Waals surface area contributed by atoms with E-state index in [-0.39, 0.29) is 34.1 Å². The largest absolute Gasteiger partial charge is 0.296 e. The van der Waals surface area contributed by atoms with Crippen molar-refractivity contribution in [1.29, 1.82) is 0 Å². The summed E-state index contributed by atoms with van der Waals surface area (Å²) in [6.45, 7) is -0.0262. The van der Waals surface area contributed by atoms with Crippen LogP contribution in [0.1, 0.15) is 36.1 Å². The molecule has 28 heavy (non-hydrogen) atoms. The zero-order valence-electron chi connectivity index (χ0n) is 14.0. The topological polar surface area (TPSA) is 92.3 Å². The number of carbonyl (C=O) groups is 3. The average molecular weight is 433 g/mol. The Balaban J connectivity index is 1.47. The molecular formula is C18H10Cl2N4O3S. The summed E-state index contributed by atoms with van der Waals surface area (Å²) in [5.74, 6) is -1.23. The van der Waals surface area contributed by atoms with Gasteiger partial charge in [-0.3, -0.25) is 24.6 Å². The number of aromatic nitrogens is 2. The second-order valence-electron chi connectivity index (χ2n) is 5.82. The molecule has 0 aliphatic carbocycles. The van der Waals surface area contributed by atoms with Crippen LogP contribution in [0.15, 0.2) is 42.5 Å². The summed E-state index contributed by atoms with van der Waals surface area (Å²) in [4.78, 5) is 38.3. The standard InChI is InChI=1S/C18H10Cl2N4O3S/c19-9-5-6-12(13(20)7-9)15(25)21-18-23-22-14(28-18)8-24-16(26)10-3-1-2-4-11(10)17(24)27/h1-7H,8H2,(H,21,23,25). The van der Waals surface area contributed by atoms with Crippen LogP contribution in [-0.2, 0) is 6.54 Å². The summed E-state index contributed by atoms with van der Waals surface area (Å²) < 4.78 is 0. The molecule has 0 fully saturated rings. The maximum absolute atomic E-state index is 12.4. The van der Waals surface area contributed by atoms with Crippen LogP contribution in [0, 0.1) is 0 Å². The number of benzene rings is 2. The number of imide groups is 1. The summed E-state index contributed by atoms with van der Waals surface area (Å²) in [7, 11) is 0. The maximum atomic E-state index is 12.4. The van der Waals surface area contributed by atoms with E-state index in [0.717, 1.165) is 16.2 Å². The van der Waals surface area contributed by atoms with Crippen molar-refractivity contribution in [2.24, 2.45) is 0 Å². The van der Waals surface area contributed by atoms with Crippen LogP contribution >= 0.6 is 34.5 Å². The molecule has 10 heteroatoms. The van der Waals surface area contributed by atoms with Crippen molar-refractivity contribution < 1.29 is 14.4 Å². The molecule has 0 saturated carbocycles. The first-order valence-corrected chi connectivity index (χ1v) is 9.55. The van der Waals surface area contributed by atoms with Crippen molar-refractivity contribution >= 4 is 57.4 Å². The van der Waals surface area contributed by atoms with Gasteiger partial charge in [0.05, 0.1) is 28.3 Å². The minimum Gasteiger partial charge on any atom is -0.296 e. The van der Waals surface area contributed by atoms with Crippen molar-refractivity contribution in [2.75, 3.05) is 5.32 Å². The molecule has 2 heterocycles. The molecule has 0 spiro atoms. The third-order valence-electron chi connectivity index (χ3n) is 4.03. The predicted molar refractivity (Wildman–Crippen MR) is 105 cm³/mol. The lowest BCUT2D eigenvalue weighted by Crippen LogP contribution is -2.29. The van der Waals surface area contributed by atoms with Crippen LogP contribution in [0.4, 0.5) is 5.13 Å². The second kappa shape index (κ2) is 7.31. The van der Waals surface area contributed by atoms with E-state index in [1.54, 1.807) is 30.3 Å². The molecular weight excluding hydrogens is 423 g/mol. The smallest absolute Gasteiger partial charge is 0.261 e. The van der Waals surface area contributed by atoms with Gasteiger partial charge in [-0.2, -0.15) is 0 Å². The van der Waals surface area contributed by atoms with Crippen LogP contribution in [-0.4, -0.2) is 32.8 Å². The first-order valence-electron chi connectivity index (χ1n) is 7.98. The Morgan fingerprint density at radius 1 is 1.04 bits per heavy atom. The van der Waals surface area contributed by atoms with Gasteiger partial charge < -0.3 is 0 Å². The Hall–Kier alpha value is -2.81. The summed E-state index contributed by atoms with van der Waals surface area (Å²) in [5, 5.41) is 11.7. The van der Waals surface area contributed by atoms with Crippen molar-refractivity contribution in [3.63, 3.8) is 0 Å². The van der Waals surface area contributed by atoms with E-state index in [4.69, 9.17) is 23.2 Å². The van der Waals surface area contributed by atoms with Gasteiger partial charge in [0.1, 0.15) is 5.01 Å². The first-order chi connectivity index (χ1) is 13.4. The lowest BCUT2D eigenvalue weighted by molar-refractivity contribution is 0.0641. The average Bonchev–Trinajstić information content (AvgIpc) is 3.20. The molecule has 7 nitrogen and oxygen atoms in total. The van der Waals surface area contributed by atoms with E-state index in [9.17, 15) is 14.4 Å². The van der Waals surface area contributed by atoms with Crippen LogP contribution in [0.2, 0.25) is 10.0 Å². The monoisotopic (exact) mass is 432 g/mol. The van der Waals surface area contributed by atoms with Crippen molar-refractivity contribution in [3.05, 3.63) is 74.2 Å². The summed E-state index contributed by atoms with van der Waals surface area (Å²) in [6, 6.07) is 11.1. The van der Waals surface area contributed by atoms with Crippen LogP contribution in [0.5, 0.6) is 0 Å². The van der Waals surface area contributed by atoms with E-state index in [2.05, 4.69) is 15.5 Å². The highest BCUT2D eigenvalue weighted by Crippen LogP contribution is 2.27. The van der Waals surface area contributed by atoms with Gasteiger partial charge >= 0.3 is 0 Å². The zero-order chi connectivity index (χ0) is 19.8. The van der Waals surface area contributed by atoms with E-state index in [1.807, 2.05) is 0 Å². The fourth-order valence-corrected chi connectivity index (χ4v) is 3.94. The number of hydrogen-bond donors (Lipinski definition) is 1. The SMILES string of the molecule is O=C(Nc1nnc(CN2C(=O)c3ccccc3C2=O)s1)c1ccc(Cl)cc1Cl. The molecule has 1 aliphatic heterocycles. The number of halogens is 2. The molecule has 0 radical (unpaired) electrons. The Bertz CT molecular complexity index is 1100. The van der Waals surface area contributed by atoms with Crippen molar-refractivity contribution in [1.82, 2.24) is 15.1 Å². The molecule has 0 atom stereocenters. The second-order valence-corrected chi connectivity index (χ2v) is 7.73. The van der Waals surface area contributed by atoms with Gasteiger partial charge in [0.15, 0.2) is 0 Å². The molecule has 0 bridgehead atoms. The number of rotatable bonds is 4. The number of nitrogens with zero attached hydrogens (tertiary/aromatic N) is 3. The predicted octanol–water partition coefficient (Wildman–Crippen LogP) is 3.89. The fraction of sp³-hybridized carbons (Fsp3) is 0.0556. The Kier molecular flexibility index (Phi) is 4.84. The van der Waals surface area contributed by atoms with Gasteiger partial charge in [-0.25, -0.2) is 0 Å². The van der Waals surface area contributed by atoms with E-state index < -0.39 is 5.91 Å². The summed E-state index contributed by atoms with van der Waals surface area (Å²) in [5.41, 5.74) is 0.967. The minimum absolute atomic E-state index is 0.0262. The number of hydrogen-bond acceptors (Lipinski definition) is 6. The van der Waals surface area contributed by atoms with E-state index in [0.29, 0.717) is 21.2 Å². The van der Waals surface area contributed by atoms with Gasteiger partial charge in [-0.05, 0) is 30.3 Å². The third kappa shape index (κ3) is 3.37. The molecule has 3 amide bonds. The van der Waals surface area contributed by atoms with Crippen molar-refractivity contribution in [3.8, 4) is 0 Å². The van der Waals surface area contributed by atoms with E-state index >= 15 is 0 Å². The number of fused-ring (bicyclic) bond motifs is 1. The quantitative estimate of drug-likeness (QED) is 0.631. The zero-order valence-corrected chi connectivity index (χ0v) is 16.3. The minimum atomic E-state index is -0.468. The maximum Gasteiger partial charge on any atom is 0.261 e. The van der Waals surface area contributed by atoms with Gasteiger partial charge in [-0.15, -0.1) is 10.2 Å². The third-order valence-corrected chi connectivity index (χ3v) is 5.41. The Labute approximate surface area is 172 Å². The van der Waals surface area contributed by atoms with Gasteiger partial charge in [0, 0.05) is 5.02 Å². The number of amides is 3. The number of anilines is 1. The lowest BCUT2D eigenvalue weighted by atomic mass is 10.1. The van der Waals surface area contributed by atoms with Crippen LogP contribution in [0.3, 0.4) is 0 Å². The number of nitrogens with one attached hydrogen (secondary N) is 1. The Morgan fingerprint density at radius 2 is 1.71 bits per heavy atom. The molecule has 0 saturated heterocycles. The van der Waals surface area contributed by atoms with Gasteiger partial charge in [0.2, 0.25) is 5.13 Å². The molecule has 2 aromatic carbocycles. The highest BCUT2D eigenvalue weighted by molar-refractivity contribution is 7.15. The van der Waals surface area contributed by atoms with Crippen LogP contribution in [0.25, 0.3) is 0 Å². The summed E-state index contributed by atoms with van der Waals surface area (Å²) in [6.07, 6.45) is 0. The fourth-order valence-electron chi connectivity index (χ4n) is 2.72. The molecule has 0 unspecified atom stereocenters. The van der Waals surface area contributed by atoms with Crippen LogP contribution < -0.4 is 5.32 Å².